The van der Waals surface area contributed by atoms with Crippen LogP contribution in [0.2, 0.25) is 0 Å². The first kappa shape index (κ1) is 22.9. The van der Waals surface area contributed by atoms with Crippen LogP contribution in [0.1, 0.15) is 5.56 Å². The molecule has 1 aliphatic heterocycles. The standard InChI is InChI=1S/C25H26FN3O3S/c26-22-13-7-8-14-24(22)28-15-17-29(18-16-28)25(30)23(19-20-9-3-1-4-10-20)27-33(31,32)21-11-5-2-6-12-21/h1-14,23,27H,15-19H2/t23-/m0/s1. The van der Waals surface area contributed by atoms with Crippen LogP contribution in [0, 0.1) is 5.82 Å². The number of nitrogens with one attached hydrogen (secondary N) is 1. The summed E-state index contributed by atoms with van der Waals surface area (Å²) >= 11 is 0. The molecule has 1 atom stereocenters. The Morgan fingerprint density at radius 3 is 2.06 bits per heavy atom. The van der Waals surface area contributed by atoms with Crippen molar-refractivity contribution in [2.75, 3.05) is 31.1 Å². The summed E-state index contributed by atoms with van der Waals surface area (Å²) in [5, 5.41) is 0. The fourth-order valence-electron chi connectivity index (χ4n) is 3.98. The highest BCUT2D eigenvalue weighted by Gasteiger charge is 2.31. The van der Waals surface area contributed by atoms with E-state index >= 15 is 0 Å². The van der Waals surface area contributed by atoms with Gasteiger partial charge in [0.2, 0.25) is 15.9 Å². The van der Waals surface area contributed by atoms with E-state index in [0.717, 1.165) is 5.56 Å². The molecule has 1 N–H and O–H groups in total. The minimum Gasteiger partial charge on any atom is -0.366 e. The van der Waals surface area contributed by atoms with E-state index in [1.54, 1.807) is 41.3 Å². The number of amides is 1. The molecule has 0 aliphatic carbocycles. The van der Waals surface area contributed by atoms with Crippen molar-refractivity contribution in [2.24, 2.45) is 0 Å². The molecule has 0 saturated carbocycles. The number of anilines is 1. The van der Waals surface area contributed by atoms with E-state index in [2.05, 4.69) is 4.72 Å². The molecule has 0 aromatic heterocycles. The maximum Gasteiger partial charge on any atom is 0.241 e. The Hall–Kier alpha value is -3.23. The molecule has 3 aromatic rings. The van der Waals surface area contributed by atoms with Crippen LogP contribution in [0.15, 0.2) is 89.8 Å². The normalized spacial score (nSPS) is 15.3. The Balaban J connectivity index is 1.50. The third-order valence-electron chi connectivity index (χ3n) is 5.72. The van der Waals surface area contributed by atoms with E-state index in [1.165, 1.54) is 18.2 Å². The second kappa shape index (κ2) is 10.1. The molecular formula is C25H26FN3O3S. The fraction of sp³-hybridized carbons (Fsp3) is 0.240. The molecule has 1 heterocycles. The Bertz CT molecular complexity index is 1180. The summed E-state index contributed by atoms with van der Waals surface area (Å²) in [6.45, 7) is 1.70. The van der Waals surface area contributed by atoms with Crippen LogP contribution >= 0.6 is 0 Å². The number of carbonyl (C=O) groups is 1. The van der Waals surface area contributed by atoms with Gasteiger partial charge in [0, 0.05) is 26.2 Å². The third kappa shape index (κ3) is 5.58. The van der Waals surface area contributed by atoms with E-state index in [1.807, 2.05) is 35.2 Å². The smallest absolute Gasteiger partial charge is 0.241 e. The van der Waals surface area contributed by atoms with Gasteiger partial charge in [0.05, 0.1) is 10.6 Å². The molecule has 1 fully saturated rings. The summed E-state index contributed by atoms with van der Waals surface area (Å²) < 4.78 is 42.7. The molecule has 6 nitrogen and oxygen atoms in total. The number of nitrogens with zero attached hydrogens (tertiary/aromatic N) is 2. The van der Waals surface area contributed by atoms with Crippen LogP contribution < -0.4 is 9.62 Å². The molecule has 1 saturated heterocycles. The van der Waals surface area contributed by atoms with Crippen molar-refractivity contribution in [2.45, 2.75) is 17.4 Å². The van der Waals surface area contributed by atoms with Crippen LogP contribution in [0.5, 0.6) is 0 Å². The van der Waals surface area contributed by atoms with Gasteiger partial charge < -0.3 is 9.80 Å². The lowest BCUT2D eigenvalue weighted by Gasteiger charge is -2.37. The summed E-state index contributed by atoms with van der Waals surface area (Å²) in [5.41, 5.74) is 1.37. The van der Waals surface area contributed by atoms with E-state index < -0.39 is 16.1 Å². The van der Waals surface area contributed by atoms with Crippen LogP contribution in [0.4, 0.5) is 10.1 Å². The topological polar surface area (TPSA) is 69.7 Å². The Kier molecular flexibility index (Phi) is 7.05. The van der Waals surface area contributed by atoms with Crippen molar-refractivity contribution in [1.29, 1.82) is 0 Å². The van der Waals surface area contributed by atoms with Gasteiger partial charge in [-0.15, -0.1) is 0 Å². The van der Waals surface area contributed by atoms with Crippen LogP contribution in [0.25, 0.3) is 0 Å². The van der Waals surface area contributed by atoms with Crippen LogP contribution in [-0.4, -0.2) is 51.4 Å². The monoisotopic (exact) mass is 467 g/mol. The second-order valence-electron chi connectivity index (χ2n) is 7.94. The first-order valence-corrected chi connectivity index (χ1v) is 12.3. The van der Waals surface area contributed by atoms with E-state index in [9.17, 15) is 17.6 Å². The average molecular weight is 468 g/mol. The second-order valence-corrected chi connectivity index (χ2v) is 9.65. The van der Waals surface area contributed by atoms with Crippen LogP contribution in [0.3, 0.4) is 0 Å². The molecular weight excluding hydrogens is 441 g/mol. The molecule has 172 valence electrons. The number of piperazine rings is 1. The molecule has 0 bridgehead atoms. The SMILES string of the molecule is O=C([C@H](Cc1ccccc1)NS(=O)(=O)c1ccccc1)N1CCN(c2ccccc2F)CC1. The van der Waals surface area contributed by atoms with Crippen molar-refractivity contribution in [1.82, 2.24) is 9.62 Å². The van der Waals surface area contributed by atoms with Gasteiger partial charge in [-0.2, -0.15) is 4.72 Å². The summed E-state index contributed by atoms with van der Waals surface area (Å²) in [5.74, 6) is -0.582. The van der Waals surface area contributed by atoms with E-state index in [4.69, 9.17) is 0 Å². The molecule has 4 rings (SSSR count). The highest BCUT2D eigenvalue weighted by molar-refractivity contribution is 7.89. The first-order valence-electron chi connectivity index (χ1n) is 10.8. The van der Waals surface area contributed by atoms with E-state index in [-0.39, 0.29) is 23.0 Å². The molecule has 8 heteroatoms. The zero-order chi connectivity index (χ0) is 23.3. The number of para-hydroxylation sites is 1. The van der Waals surface area contributed by atoms with Gasteiger partial charge in [0.1, 0.15) is 11.9 Å². The minimum absolute atomic E-state index is 0.111. The molecule has 3 aromatic carbocycles. The average Bonchev–Trinajstić information content (AvgIpc) is 2.85. The molecule has 0 spiro atoms. The number of halogens is 1. The zero-order valence-corrected chi connectivity index (χ0v) is 18.9. The molecule has 33 heavy (non-hydrogen) atoms. The lowest BCUT2D eigenvalue weighted by Crippen LogP contribution is -2.55. The fourth-order valence-corrected chi connectivity index (χ4v) is 5.19. The summed E-state index contributed by atoms with van der Waals surface area (Å²) in [7, 11) is -3.88. The van der Waals surface area contributed by atoms with Gasteiger partial charge in [-0.05, 0) is 36.2 Å². The van der Waals surface area contributed by atoms with Crippen molar-refractivity contribution < 1.29 is 17.6 Å². The number of rotatable bonds is 7. The Morgan fingerprint density at radius 2 is 1.42 bits per heavy atom. The predicted octanol–water partition coefficient (Wildman–Crippen LogP) is 3.06. The maximum atomic E-state index is 14.1. The minimum atomic E-state index is -3.88. The van der Waals surface area contributed by atoms with Gasteiger partial charge >= 0.3 is 0 Å². The van der Waals surface area contributed by atoms with Gasteiger partial charge in [-0.1, -0.05) is 60.7 Å². The van der Waals surface area contributed by atoms with Crippen LogP contribution in [-0.2, 0) is 21.2 Å². The number of carbonyl (C=O) groups excluding carboxylic acids is 1. The van der Waals surface area contributed by atoms with Crippen molar-refractivity contribution in [3.05, 3.63) is 96.3 Å². The van der Waals surface area contributed by atoms with Crippen molar-refractivity contribution >= 4 is 21.6 Å². The predicted molar refractivity (Wildman–Crippen MR) is 126 cm³/mol. The largest absolute Gasteiger partial charge is 0.366 e. The third-order valence-corrected chi connectivity index (χ3v) is 7.20. The zero-order valence-electron chi connectivity index (χ0n) is 18.1. The van der Waals surface area contributed by atoms with Crippen molar-refractivity contribution in [3.8, 4) is 0 Å². The van der Waals surface area contributed by atoms with Gasteiger partial charge in [0.25, 0.3) is 0 Å². The molecule has 1 aliphatic rings. The first-order chi connectivity index (χ1) is 15.9. The highest BCUT2D eigenvalue weighted by atomic mass is 32.2. The van der Waals surface area contributed by atoms with Gasteiger partial charge in [-0.3, -0.25) is 4.79 Å². The quantitative estimate of drug-likeness (QED) is 0.580. The van der Waals surface area contributed by atoms with Crippen molar-refractivity contribution in [3.63, 3.8) is 0 Å². The number of hydrogen-bond acceptors (Lipinski definition) is 4. The number of sulfonamides is 1. The molecule has 0 unspecified atom stereocenters. The molecule has 0 radical (unpaired) electrons. The lowest BCUT2D eigenvalue weighted by atomic mass is 10.1. The molecule has 1 amide bonds. The number of benzene rings is 3. The lowest BCUT2D eigenvalue weighted by molar-refractivity contribution is -0.133. The number of hydrogen-bond donors (Lipinski definition) is 1. The summed E-state index contributed by atoms with van der Waals surface area (Å²) in [4.78, 5) is 17.1. The Morgan fingerprint density at radius 1 is 0.848 bits per heavy atom. The summed E-state index contributed by atoms with van der Waals surface area (Å²) in [6, 6.07) is 23.0. The van der Waals surface area contributed by atoms with Gasteiger partial charge in [0.15, 0.2) is 0 Å². The highest BCUT2D eigenvalue weighted by Crippen LogP contribution is 2.21. The van der Waals surface area contributed by atoms with Gasteiger partial charge in [-0.25, -0.2) is 12.8 Å². The Labute approximate surface area is 193 Å². The maximum absolute atomic E-state index is 14.1. The van der Waals surface area contributed by atoms with E-state index in [0.29, 0.717) is 31.9 Å². The summed E-state index contributed by atoms with van der Waals surface area (Å²) in [6.07, 6.45) is 0.235.